The molecule has 12 aromatic heterocycles. The van der Waals surface area contributed by atoms with Gasteiger partial charge < -0.3 is 81.3 Å². The molecule has 56 heteroatoms. The summed E-state index contributed by atoms with van der Waals surface area (Å²) in [7, 11) is 32.6. The zero-order valence-corrected chi connectivity index (χ0v) is 79.3. The Kier molecular flexibility index (Phi) is 42.8. The van der Waals surface area contributed by atoms with Crippen molar-refractivity contribution in [1.82, 2.24) is 117 Å². The van der Waals surface area contributed by atoms with Gasteiger partial charge in [-0.05, 0) is 86.1 Å². The molecule has 0 fully saturated rings. The molecule has 12 rings (SSSR count). The van der Waals surface area contributed by atoms with Crippen LogP contribution in [0.1, 0.15) is 50.5 Å². The Hall–Kier alpha value is -3.25. The standard InChI is InChI=1S/2C14H12F5N6S.2C13H12F3N6S.6ClH.2Li.4Zn/c2*1-4-26-12-9(20-6-24(12)2)11-21-7-5-8(13(15,16)14(17,18)19)22-23-10(7)25(11)3;2*1-4-23-12-9(17-6-21(12)2)11-18-7-5-8(13(14,15)16)19-20-10(7)22(11)3;;;;;;;;;;;;/h2*5H,4H2,1-3H3;2*5H,4H2,1-3H3;6*1H;;;;;;/q4*-1;;;;;;;2*+1;4*+2/p-6. The van der Waals surface area contributed by atoms with Crippen molar-refractivity contribution >= 4 is 130 Å². The van der Waals surface area contributed by atoms with Gasteiger partial charge in [0.05, 0.1) is 23.3 Å². The zero-order chi connectivity index (χ0) is 80.1. The summed E-state index contributed by atoms with van der Waals surface area (Å²) in [5.41, 5.74) is -2.46. The van der Waals surface area contributed by atoms with Crippen LogP contribution in [0.4, 0.5) is 70.2 Å². The minimum absolute atomic E-state index is 0. The van der Waals surface area contributed by atoms with Gasteiger partial charge in [-0.1, -0.05) is 47.8 Å². The first-order valence-electron chi connectivity index (χ1n) is 29.0. The van der Waals surface area contributed by atoms with Crippen LogP contribution in [0.5, 0.6) is 0 Å². The van der Waals surface area contributed by atoms with Crippen LogP contribution in [-0.2, 0) is 150 Å². The Labute approximate surface area is 724 Å². The zero-order valence-electron chi connectivity index (χ0n) is 59.6. The number of halogens is 22. The quantitative estimate of drug-likeness (QED) is 0.0657. The second-order valence-electron chi connectivity index (χ2n) is 20.3. The van der Waals surface area contributed by atoms with Crippen molar-refractivity contribution in [2.75, 3.05) is 23.0 Å². The van der Waals surface area contributed by atoms with Crippen LogP contribution in [0.2, 0.25) is 0 Å². The van der Waals surface area contributed by atoms with Gasteiger partial charge in [-0.2, -0.15) is 117 Å². The second-order valence-corrected chi connectivity index (χ2v) is 25.3. The van der Waals surface area contributed by atoms with Crippen LogP contribution in [0.25, 0.3) is 90.7 Å². The summed E-state index contributed by atoms with van der Waals surface area (Å²) >= 11 is 9.44. The van der Waals surface area contributed by atoms with E-state index in [1.807, 2.05) is 27.7 Å². The molecule has 0 N–H and O–H groups in total. The summed E-state index contributed by atoms with van der Waals surface area (Å²) in [4.78, 5) is 33.5. The number of fused-ring (bicyclic) bond motifs is 4. The molecule has 0 spiro atoms. The third kappa shape index (κ3) is 23.6. The van der Waals surface area contributed by atoms with Crippen molar-refractivity contribution in [1.29, 1.82) is 0 Å². The van der Waals surface area contributed by atoms with Crippen LogP contribution < -0.4 is 62.5 Å². The first kappa shape index (κ1) is 105. The van der Waals surface area contributed by atoms with Gasteiger partial charge >= 0.3 is 182 Å². The van der Waals surface area contributed by atoms with E-state index in [9.17, 15) is 70.2 Å². The van der Waals surface area contributed by atoms with Gasteiger partial charge in [-0.15, -0.1) is 40.8 Å². The number of aromatic nitrogens is 24. The predicted molar refractivity (Wildman–Crippen MR) is 348 cm³/mol. The monoisotopic (exact) mass is 1940 g/mol. The molecule has 0 amide bonds. The fourth-order valence-electron chi connectivity index (χ4n) is 8.96. The Bertz CT molecular complexity index is 4630. The molecule has 572 valence electrons. The van der Waals surface area contributed by atoms with Gasteiger partial charge in [0.25, 0.3) is 0 Å². The third-order valence-electron chi connectivity index (χ3n) is 13.7. The minimum Gasteiger partial charge on any atom is 1.00 e. The van der Waals surface area contributed by atoms with E-state index in [4.69, 9.17) is 38.8 Å². The molecular formula is C54H48Cl6F16Li2N24S4Zn4. The molecule has 110 heavy (non-hydrogen) atoms. The van der Waals surface area contributed by atoms with Gasteiger partial charge in [-0.25, -0.2) is 19.9 Å². The molecule has 0 saturated carbocycles. The number of imidazole rings is 8. The van der Waals surface area contributed by atoms with E-state index in [0.29, 0.717) is 46.6 Å². The van der Waals surface area contributed by atoms with Crippen molar-refractivity contribution in [3.05, 3.63) is 72.4 Å². The normalized spacial score (nSPS) is 11.5. The van der Waals surface area contributed by atoms with Crippen LogP contribution in [0, 0.1) is 25.3 Å². The molecule has 0 saturated heterocycles. The molecular weight excluding hydrogens is 1910 g/mol. The topological polar surface area (TPSA) is 246 Å². The van der Waals surface area contributed by atoms with E-state index in [-0.39, 0.29) is 119 Å². The molecule has 0 radical (unpaired) electrons. The molecule has 0 aliphatic carbocycles. The number of hydrogen-bond acceptors (Lipinski definition) is 20. The van der Waals surface area contributed by atoms with Crippen LogP contribution in [0.15, 0.2) is 44.4 Å². The van der Waals surface area contributed by atoms with Crippen LogP contribution in [0.3, 0.4) is 0 Å². The van der Waals surface area contributed by atoms with Crippen LogP contribution >= 0.6 is 85.8 Å². The minimum atomic E-state index is -5.77. The molecule has 0 aliphatic heterocycles. The SMILES string of the molecule is CCSc1c(-c2nc3cc(C(F)(F)C(F)(F)F)nnc3n2C)n[c-]n1C.CCSc1c(-c2nc3cc(C(F)(F)C(F)(F)F)nnc3n2C)n[c-]n1C.CCSc1c(-c2nc3cc(C(F)(F)F)nnc3n2C)n[c-]n1C.CCSc1c(-c2nc3cc(C(F)(F)F)nnc3n2C)n[c-]n1C.[Cl-].[Cl-].[Cl][Zn+].[Cl][Zn+].[Cl][Zn+].[Cl][Zn+].[Li+].[Li+]. The summed E-state index contributed by atoms with van der Waals surface area (Å²) in [6.45, 7) is 7.87. The van der Waals surface area contributed by atoms with Crippen LogP contribution in [-0.4, -0.2) is 153 Å². The third-order valence-corrected chi connectivity index (χ3v) is 17.8. The summed E-state index contributed by atoms with van der Waals surface area (Å²) in [6, 6.07) is 2.98. The van der Waals surface area contributed by atoms with E-state index >= 15 is 0 Å². The second kappa shape index (κ2) is 44.9. The van der Waals surface area contributed by atoms with Crippen molar-refractivity contribution in [2.45, 2.75) is 84.3 Å². The van der Waals surface area contributed by atoms with Gasteiger partial charge in [0, 0.05) is 65.6 Å². The van der Waals surface area contributed by atoms with Crippen molar-refractivity contribution in [2.24, 2.45) is 56.4 Å². The molecule has 0 atom stereocenters. The largest absolute Gasteiger partial charge is 1.00 e. The number of alkyl halides is 16. The average molecular weight is 1950 g/mol. The van der Waals surface area contributed by atoms with Crippen molar-refractivity contribution in [3.8, 4) is 46.1 Å². The molecule has 12 heterocycles. The van der Waals surface area contributed by atoms with Gasteiger partial charge in [0.1, 0.15) is 33.5 Å². The fraction of sp³-hybridized carbons (Fsp3) is 0.407. The molecule has 0 bridgehead atoms. The Morgan fingerprint density at radius 2 is 0.509 bits per heavy atom. The number of hydrogen-bond donors (Lipinski definition) is 0. The average Bonchev–Trinajstić information content (AvgIpc) is 1.58. The van der Waals surface area contributed by atoms with E-state index in [1.54, 1.807) is 107 Å². The maximum atomic E-state index is 13.5. The molecule has 0 unspecified atom stereocenters. The fourth-order valence-corrected chi connectivity index (χ4v) is 12.1. The smallest absolute Gasteiger partial charge is 1.00 e. The summed E-state index contributed by atoms with van der Waals surface area (Å²) < 4.78 is 219. The van der Waals surface area contributed by atoms with E-state index < -0.39 is 59.3 Å². The van der Waals surface area contributed by atoms with Crippen molar-refractivity contribution < 1.29 is 202 Å². The van der Waals surface area contributed by atoms with E-state index in [2.05, 4.69) is 106 Å². The first-order valence-corrected chi connectivity index (χ1v) is 48.6. The first-order chi connectivity index (χ1) is 49.8. The van der Waals surface area contributed by atoms with Gasteiger partial charge in [0.15, 0.2) is 34.0 Å². The van der Waals surface area contributed by atoms with E-state index in [0.717, 1.165) is 124 Å². The maximum Gasteiger partial charge on any atom is 1.00 e. The van der Waals surface area contributed by atoms with Gasteiger partial charge in [0.2, 0.25) is 0 Å². The molecule has 24 nitrogen and oxygen atoms in total. The Morgan fingerprint density at radius 1 is 0.327 bits per heavy atom. The number of aryl methyl sites for hydroxylation is 8. The number of nitrogens with zero attached hydrogens (tertiary/aromatic N) is 24. The van der Waals surface area contributed by atoms with Gasteiger partial charge in [-0.3, -0.25) is 0 Å². The summed E-state index contributed by atoms with van der Waals surface area (Å²) in [5, 5.41) is 30.1. The number of rotatable bonds is 14. The molecule has 0 aromatic carbocycles. The Morgan fingerprint density at radius 3 is 0.682 bits per heavy atom. The maximum absolute atomic E-state index is 13.5. The molecule has 0 aliphatic rings. The molecule has 12 aromatic rings. The Balaban J connectivity index is 0.000000703. The summed E-state index contributed by atoms with van der Waals surface area (Å²) in [5.74, 6) is -5.70. The van der Waals surface area contributed by atoms with Crippen molar-refractivity contribution in [3.63, 3.8) is 0 Å². The summed E-state index contributed by atoms with van der Waals surface area (Å²) in [6.07, 6.45) is -9.57. The number of thioether (sulfide) groups is 4. The predicted octanol–water partition coefficient (Wildman–Crippen LogP) is 2.81. The van der Waals surface area contributed by atoms with E-state index in [1.165, 1.54) is 32.7 Å².